The number of rotatable bonds is 5. The molecule has 3 aromatic carbocycles. The number of nitrogens with one attached hydrogen (secondary N) is 1. The van der Waals surface area contributed by atoms with Gasteiger partial charge in [-0.25, -0.2) is 4.79 Å². The minimum atomic E-state index is -0.593. The molecule has 0 fully saturated rings. The topological polar surface area (TPSA) is 61.7 Å². The zero-order chi connectivity index (χ0) is 20.8. The highest BCUT2D eigenvalue weighted by atomic mass is 16.6. The molecular formula is C24H22N2O4. The van der Waals surface area contributed by atoms with Crippen LogP contribution in [-0.2, 0) is 11.3 Å². The Kier molecular flexibility index (Phi) is 4.28. The van der Waals surface area contributed by atoms with Gasteiger partial charge in [-0.05, 0) is 43.3 Å². The number of anilines is 1. The Morgan fingerprint density at radius 3 is 2.57 bits per heavy atom. The van der Waals surface area contributed by atoms with Gasteiger partial charge in [-0.15, -0.1) is 0 Å². The number of hydrogen-bond acceptors (Lipinski definition) is 5. The molecule has 0 spiro atoms. The fourth-order valence-corrected chi connectivity index (χ4v) is 4.34. The molecule has 2 heterocycles. The molecule has 6 nitrogen and oxygen atoms in total. The Labute approximate surface area is 174 Å². The van der Waals surface area contributed by atoms with Crippen LogP contribution in [0.25, 0.3) is 21.8 Å². The van der Waals surface area contributed by atoms with Crippen molar-refractivity contribution in [3.8, 4) is 11.5 Å². The van der Waals surface area contributed by atoms with Gasteiger partial charge in [0.1, 0.15) is 5.56 Å². The maximum atomic E-state index is 12.5. The first-order valence-electron chi connectivity index (χ1n) is 9.89. The van der Waals surface area contributed by atoms with E-state index in [0.717, 1.165) is 23.2 Å². The van der Waals surface area contributed by atoms with E-state index in [1.165, 1.54) is 23.5 Å². The fourth-order valence-electron chi connectivity index (χ4n) is 4.34. The molecular weight excluding hydrogens is 380 g/mol. The summed E-state index contributed by atoms with van der Waals surface area (Å²) in [6.45, 7) is 3.04. The molecule has 0 amide bonds. The molecule has 0 bridgehead atoms. The van der Waals surface area contributed by atoms with Gasteiger partial charge >= 0.3 is 5.97 Å². The molecule has 0 saturated heterocycles. The predicted molar refractivity (Wildman–Crippen MR) is 116 cm³/mol. The minimum Gasteiger partial charge on any atom is -0.493 e. The number of aromatic nitrogens is 1. The van der Waals surface area contributed by atoms with Crippen LogP contribution in [0.1, 0.15) is 29.1 Å². The van der Waals surface area contributed by atoms with Gasteiger partial charge in [0.05, 0.1) is 14.2 Å². The lowest BCUT2D eigenvalue weighted by Crippen LogP contribution is -2.10. The number of hydrogen-bond donors (Lipinski definition) is 1. The number of carbonyl (C=O) groups excluding carboxylic acids is 1. The molecule has 1 N–H and O–H groups in total. The molecule has 1 atom stereocenters. The van der Waals surface area contributed by atoms with Gasteiger partial charge in [0.25, 0.3) is 0 Å². The average molecular weight is 402 g/mol. The smallest absolute Gasteiger partial charge is 0.344 e. The third-order valence-electron chi connectivity index (χ3n) is 5.68. The summed E-state index contributed by atoms with van der Waals surface area (Å²) in [5.74, 6) is 0.468. The van der Waals surface area contributed by atoms with E-state index in [0.29, 0.717) is 17.1 Å². The first-order valence-corrected chi connectivity index (χ1v) is 9.89. The summed E-state index contributed by atoms with van der Waals surface area (Å²) < 4.78 is 18.6. The van der Waals surface area contributed by atoms with Gasteiger partial charge in [-0.3, -0.25) is 0 Å². The fraction of sp³-hybridized carbons (Fsp3) is 0.208. The Bertz CT molecular complexity index is 1290. The van der Waals surface area contributed by atoms with Crippen LogP contribution in [0.5, 0.6) is 11.5 Å². The number of cyclic esters (lactones) is 1. The highest BCUT2D eigenvalue weighted by Gasteiger charge is 2.36. The minimum absolute atomic E-state index is 0.394. The van der Waals surface area contributed by atoms with E-state index in [2.05, 4.69) is 53.2 Å². The van der Waals surface area contributed by atoms with Crippen molar-refractivity contribution in [2.24, 2.45) is 0 Å². The van der Waals surface area contributed by atoms with Gasteiger partial charge in [-0.1, -0.05) is 18.2 Å². The second kappa shape index (κ2) is 6.99. The van der Waals surface area contributed by atoms with Crippen LogP contribution in [0.4, 0.5) is 5.69 Å². The lowest BCUT2D eigenvalue weighted by atomic mass is 10.1. The molecule has 0 saturated carbocycles. The van der Waals surface area contributed by atoms with Gasteiger partial charge in [0.2, 0.25) is 6.23 Å². The molecule has 1 aromatic heterocycles. The largest absolute Gasteiger partial charge is 0.493 e. The van der Waals surface area contributed by atoms with Gasteiger partial charge in [0.15, 0.2) is 11.5 Å². The number of fused-ring (bicyclic) bond motifs is 4. The molecule has 1 unspecified atom stereocenters. The van der Waals surface area contributed by atoms with E-state index >= 15 is 0 Å². The van der Waals surface area contributed by atoms with Crippen molar-refractivity contribution in [2.45, 2.75) is 19.7 Å². The summed E-state index contributed by atoms with van der Waals surface area (Å²) in [5, 5.41) is 5.72. The monoisotopic (exact) mass is 402 g/mol. The maximum Gasteiger partial charge on any atom is 0.344 e. The van der Waals surface area contributed by atoms with Crippen LogP contribution in [0, 0.1) is 0 Å². The normalized spacial score (nSPS) is 15.3. The van der Waals surface area contributed by atoms with Crippen molar-refractivity contribution in [3.05, 3.63) is 65.7 Å². The molecule has 1 aliphatic heterocycles. The molecule has 0 radical (unpaired) electrons. The second-order valence-corrected chi connectivity index (χ2v) is 7.19. The highest BCUT2D eigenvalue weighted by molar-refractivity contribution is 6.09. The molecule has 4 aromatic rings. The van der Waals surface area contributed by atoms with Crippen molar-refractivity contribution in [3.63, 3.8) is 0 Å². The number of para-hydroxylation sites is 1. The molecule has 5 rings (SSSR count). The van der Waals surface area contributed by atoms with Crippen LogP contribution in [0.3, 0.4) is 0 Å². The molecule has 0 aliphatic carbocycles. The zero-order valence-corrected chi connectivity index (χ0v) is 17.1. The summed E-state index contributed by atoms with van der Waals surface area (Å²) in [5.41, 5.74) is 4.40. The number of aryl methyl sites for hydroxylation is 1. The maximum absolute atomic E-state index is 12.5. The number of benzene rings is 3. The van der Waals surface area contributed by atoms with Crippen LogP contribution < -0.4 is 14.8 Å². The number of nitrogens with zero attached hydrogens (tertiary/aromatic N) is 1. The summed E-state index contributed by atoms with van der Waals surface area (Å²) in [7, 11) is 3.06. The lowest BCUT2D eigenvalue weighted by molar-refractivity contribution is 0.0435. The number of carbonyl (C=O) groups is 1. The van der Waals surface area contributed by atoms with Crippen molar-refractivity contribution < 1.29 is 19.0 Å². The van der Waals surface area contributed by atoms with E-state index in [1.54, 1.807) is 13.2 Å². The Balaban J connectivity index is 1.56. The number of methoxy groups -OCH3 is 2. The van der Waals surface area contributed by atoms with Gasteiger partial charge in [-0.2, -0.15) is 0 Å². The van der Waals surface area contributed by atoms with E-state index in [4.69, 9.17) is 14.2 Å². The molecule has 1 aliphatic rings. The summed E-state index contributed by atoms with van der Waals surface area (Å²) in [6, 6.07) is 18.2. The Morgan fingerprint density at radius 2 is 1.80 bits per heavy atom. The quantitative estimate of drug-likeness (QED) is 0.470. The van der Waals surface area contributed by atoms with Crippen LogP contribution >= 0.6 is 0 Å². The third kappa shape index (κ3) is 2.60. The van der Waals surface area contributed by atoms with E-state index in [1.807, 2.05) is 12.1 Å². The summed E-state index contributed by atoms with van der Waals surface area (Å²) in [4.78, 5) is 12.5. The SMILES string of the molecule is CCn1c2ccccc2c2cc(NC3OC(=O)c4c3ccc(OC)c4OC)ccc21. The van der Waals surface area contributed by atoms with Crippen LogP contribution in [0.2, 0.25) is 0 Å². The predicted octanol–water partition coefficient (Wildman–Crippen LogP) is 5.11. The first-order chi connectivity index (χ1) is 14.7. The van der Waals surface area contributed by atoms with Crippen molar-refractivity contribution >= 4 is 33.5 Å². The zero-order valence-electron chi connectivity index (χ0n) is 17.1. The average Bonchev–Trinajstić information content (AvgIpc) is 3.27. The van der Waals surface area contributed by atoms with E-state index in [-0.39, 0.29) is 0 Å². The van der Waals surface area contributed by atoms with Crippen LogP contribution in [-0.4, -0.2) is 24.8 Å². The van der Waals surface area contributed by atoms with Crippen molar-refractivity contribution in [1.82, 2.24) is 4.57 Å². The Hall–Kier alpha value is -3.67. The summed E-state index contributed by atoms with van der Waals surface area (Å²) in [6.07, 6.45) is -0.593. The molecule has 152 valence electrons. The standard InChI is InChI=1S/C24H22N2O4/c1-4-26-18-8-6-5-7-15(18)17-13-14(9-11-19(17)26)25-23-16-10-12-20(28-2)22(29-3)21(16)24(27)30-23/h5-13,23,25H,4H2,1-3H3. The van der Waals surface area contributed by atoms with Crippen molar-refractivity contribution in [1.29, 1.82) is 0 Å². The number of esters is 1. The van der Waals surface area contributed by atoms with Gasteiger partial charge < -0.3 is 24.1 Å². The van der Waals surface area contributed by atoms with Crippen LogP contribution in [0.15, 0.2) is 54.6 Å². The van der Waals surface area contributed by atoms with Gasteiger partial charge in [0, 0.05) is 39.6 Å². The molecule has 30 heavy (non-hydrogen) atoms. The molecule has 6 heteroatoms. The highest BCUT2D eigenvalue weighted by Crippen LogP contribution is 2.42. The first kappa shape index (κ1) is 18.4. The summed E-state index contributed by atoms with van der Waals surface area (Å²) >= 11 is 0. The van der Waals surface area contributed by atoms with E-state index < -0.39 is 12.2 Å². The van der Waals surface area contributed by atoms with E-state index in [9.17, 15) is 4.79 Å². The lowest BCUT2D eigenvalue weighted by Gasteiger charge is -2.15. The van der Waals surface area contributed by atoms with Crippen molar-refractivity contribution in [2.75, 3.05) is 19.5 Å². The second-order valence-electron chi connectivity index (χ2n) is 7.19. The number of ether oxygens (including phenoxy) is 3. The third-order valence-corrected chi connectivity index (χ3v) is 5.68. The Morgan fingerprint density at radius 1 is 1.00 bits per heavy atom.